The molecule has 1 aliphatic rings. The molecule has 1 aliphatic heterocycles. The van der Waals surface area contributed by atoms with Gasteiger partial charge in [-0.05, 0) is 29.6 Å². The van der Waals surface area contributed by atoms with Gasteiger partial charge in [-0.3, -0.25) is 10.1 Å². The monoisotopic (exact) mass is 439 g/mol. The number of rotatable bonds is 4. The number of thiophene rings is 1. The van der Waals surface area contributed by atoms with Crippen molar-refractivity contribution in [3.8, 4) is 0 Å². The zero-order valence-electron chi connectivity index (χ0n) is 13.9. The summed E-state index contributed by atoms with van der Waals surface area (Å²) < 4.78 is 27.2. The molecule has 0 atom stereocenters. The van der Waals surface area contributed by atoms with Crippen LogP contribution in [0.3, 0.4) is 0 Å². The number of anilines is 1. The first-order valence-electron chi connectivity index (χ1n) is 8.01. The fourth-order valence-corrected chi connectivity index (χ4v) is 6.22. The lowest BCUT2D eigenvalue weighted by atomic mass is 10.2. The van der Waals surface area contributed by atoms with E-state index < -0.39 is 10.0 Å². The highest BCUT2D eigenvalue weighted by Crippen LogP contribution is 2.31. The molecular formula is C17H14ClN3O3S3. The van der Waals surface area contributed by atoms with Crippen LogP contribution in [-0.2, 0) is 23.0 Å². The molecule has 0 spiro atoms. The summed E-state index contributed by atoms with van der Waals surface area (Å²) in [6.07, 6.45) is 0.500. The van der Waals surface area contributed by atoms with Crippen LogP contribution in [0.4, 0.5) is 5.13 Å². The second-order valence-electron chi connectivity index (χ2n) is 5.90. The summed E-state index contributed by atoms with van der Waals surface area (Å²) in [5.74, 6) is -0.217. The Labute approximate surface area is 169 Å². The Morgan fingerprint density at radius 2 is 2.15 bits per heavy atom. The molecule has 0 fully saturated rings. The number of nitrogens with one attached hydrogen (secondary N) is 1. The van der Waals surface area contributed by atoms with E-state index in [1.807, 2.05) is 5.38 Å². The van der Waals surface area contributed by atoms with E-state index in [-0.39, 0.29) is 17.3 Å². The van der Waals surface area contributed by atoms with Gasteiger partial charge in [0.2, 0.25) is 10.0 Å². The average molecular weight is 440 g/mol. The van der Waals surface area contributed by atoms with Gasteiger partial charge >= 0.3 is 0 Å². The molecule has 6 nitrogen and oxygen atoms in total. The standard InChI is InChI=1S/C17H14ClN3O3S3/c18-12-2-1-3-13(8-12)27(23,24)21-6-4-14-15(9-21)26-17(19-14)20-16(22)11-5-7-25-10-11/h1-3,5,7-8,10H,4,6,9H2,(H,19,20,22). The summed E-state index contributed by atoms with van der Waals surface area (Å²) in [4.78, 5) is 17.6. The predicted octanol–water partition coefficient (Wildman–Crippen LogP) is 3.86. The van der Waals surface area contributed by atoms with E-state index in [9.17, 15) is 13.2 Å². The fraction of sp³-hybridized carbons (Fsp3) is 0.176. The third-order valence-corrected chi connectivity index (χ3v) is 7.89. The maximum absolute atomic E-state index is 12.9. The maximum atomic E-state index is 12.9. The molecule has 4 rings (SSSR count). The lowest BCUT2D eigenvalue weighted by Crippen LogP contribution is -2.35. The SMILES string of the molecule is O=C(Nc1nc2c(s1)CN(S(=O)(=O)c1cccc(Cl)c1)CC2)c1ccsc1. The van der Waals surface area contributed by atoms with Crippen LogP contribution in [-0.4, -0.2) is 30.2 Å². The minimum atomic E-state index is -3.63. The molecule has 27 heavy (non-hydrogen) atoms. The van der Waals surface area contributed by atoms with Gasteiger partial charge in [0.25, 0.3) is 5.91 Å². The smallest absolute Gasteiger partial charge is 0.258 e. The number of fused-ring (bicyclic) bond motifs is 1. The van der Waals surface area contributed by atoms with Gasteiger partial charge in [-0.25, -0.2) is 13.4 Å². The number of benzene rings is 1. The number of amides is 1. The average Bonchev–Trinajstić information content (AvgIpc) is 3.30. The number of carbonyl (C=O) groups is 1. The molecule has 3 aromatic rings. The second kappa shape index (κ2) is 7.33. The summed E-state index contributed by atoms with van der Waals surface area (Å²) in [6, 6.07) is 7.99. The van der Waals surface area contributed by atoms with Crippen molar-refractivity contribution in [3.05, 3.63) is 62.2 Å². The Morgan fingerprint density at radius 1 is 1.30 bits per heavy atom. The Morgan fingerprint density at radius 3 is 2.89 bits per heavy atom. The van der Waals surface area contributed by atoms with Gasteiger partial charge in [-0.15, -0.1) is 11.3 Å². The highest BCUT2D eigenvalue weighted by atomic mass is 35.5. The number of hydrogen-bond acceptors (Lipinski definition) is 6. The van der Waals surface area contributed by atoms with E-state index in [2.05, 4.69) is 10.3 Å². The van der Waals surface area contributed by atoms with Gasteiger partial charge < -0.3 is 0 Å². The van der Waals surface area contributed by atoms with Crippen LogP contribution in [0, 0.1) is 0 Å². The van der Waals surface area contributed by atoms with Crippen LogP contribution in [0.2, 0.25) is 5.02 Å². The van der Waals surface area contributed by atoms with Crippen molar-refractivity contribution in [1.82, 2.24) is 9.29 Å². The molecule has 1 amide bonds. The number of thiazole rings is 1. The summed E-state index contributed by atoms with van der Waals surface area (Å²) in [6.45, 7) is 0.569. The molecule has 1 aromatic carbocycles. The quantitative estimate of drug-likeness (QED) is 0.669. The fourth-order valence-electron chi connectivity index (χ4n) is 2.77. The van der Waals surface area contributed by atoms with Crippen LogP contribution < -0.4 is 5.32 Å². The van der Waals surface area contributed by atoms with Crippen molar-refractivity contribution in [1.29, 1.82) is 0 Å². The Balaban J connectivity index is 1.53. The number of halogens is 1. The van der Waals surface area contributed by atoms with E-state index in [4.69, 9.17) is 11.6 Å². The van der Waals surface area contributed by atoms with Gasteiger partial charge in [0.05, 0.1) is 22.7 Å². The summed E-state index contributed by atoms with van der Waals surface area (Å²) in [5, 5.41) is 7.25. The molecule has 0 saturated carbocycles. The Hall–Kier alpha value is -1.78. The highest BCUT2D eigenvalue weighted by Gasteiger charge is 2.30. The van der Waals surface area contributed by atoms with E-state index in [0.29, 0.717) is 28.7 Å². The molecular weight excluding hydrogens is 426 g/mol. The van der Waals surface area contributed by atoms with Gasteiger partial charge in [0.1, 0.15) is 0 Å². The molecule has 2 aromatic heterocycles. The van der Waals surface area contributed by atoms with Crippen LogP contribution in [0.25, 0.3) is 0 Å². The topological polar surface area (TPSA) is 79.4 Å². The van der Waals surface area contributed by atoms with Crippen molar-refractivity contribution >= 4 is 55.3 Å². The first kappa shape index (κ1) is 18.6. The second-order valence-corrected chi connectivity index (χ2v) is 10.1. The maximum Gasteiger partial charge on any atom is 0.258 e. The third kappa shape index (κ3) is 3.78. The lowest BCUT2D eigenvalue weighted by Gasteiger charge is -2.25. The largest absolute Gasteiger partial charge is 0.298 e. The van der Waals surface area contributed by atoms with Crippen molar-refractivity contribution in [3.63, 3.8) is 0 Å². The minimum Gasteiger partial charge on any atom is -0.298 e. The first-order chi connectivity index (χ1) is 12.9. The number of aromatic nitrogens is 1. The number of sulfonamides is 1. The van der Waals surface area contributed by atoms with Crippen LogP contribution in [0.15, 0.2) is 46.0 Å². The lowest BCUT2D eigenvalue weighted by molar-refractivity contribution is 0.102. The predicted molar refractivity (Wildman–Crippen MR) is 107 cm³/mol. The van der Waals surface area contributed by atoms with Crippen molar-refractivity contribution in [2.24, 2.45) is 0 Å². The molecule has 0 unspecified atom stereocenters. The van der Waals surface area contributed by atoms with E-state index in [0.717, 1.165) is 10.6 Å². The van der Waals surface area contributed by atoms with E-state index in [1.54, 1.807) is 23.6 Å². The Bertz CT molecular complexity index is 1090. The molecule has 0 bridgehead atoms. The van der Waals surface area contributed by atoms with E-state index in [1.165, 1.54) is 39.1 Å². The van der Waals surface area contributed by atoms with Crippen LogP contribution in [0.5, 0.6) is 0 Å². The highest BCUT2D eigenvalue weighted by molar-refractivity contribution is 7.89. The molecule has 10 heteroatoms. The van der Waals surface area contributed by atoms with Gasteiger partial charge in [0.15, 0.2) is 5.13 Å². The van der Waals surface area contributed by atoms with Gasteiger partial charge in [-0.1, -0.05) is 17.7 Å². The van der Waals surface area contributed by atoms with Gasteiger partial charge in [-0.2, -0.15) is 15.6 Å². The van der Waals surface area contributed by atoms with Gasteiger partial charge in [0, 0.05) is 28.2 Å². The number of carbonyl (C=O) groups excluding carboxylic acids is 1. The molecule has 140 valence electrons. The normalized spacial score (nSPS) is 14.7. The molecule has 1 N–H and O–H groups in total. The minimum absolute atomic E-state index is 0.175. The summed E-state index contributed by atoms with van der Waals surface area (Å²) >= 11 is 8.69. The molecule has 3 heterocycles. The van der Waals surface area contributed by atoms with Crippen LogP contribution >= 0.6 is 34.3 Å². The number of hydrogen-bond donors (Lipinski definition) is 1. The summed E-state index contributed by atoms with van der Waals surface area (Å²) in [7, 11) is -3.63. The zero-order valence-corrected chi connectivity index (χ0v) is 17.1. The zero-order chi connectivity index (χ0) is 19.0. The molecule has 0 aliphatic carbocycles. The van der Waals surface area contributed by atoms with E-state index >= 15 is 0 Å². The van der Waals surface area contributed by atoms with Crippen molar-refractivity contribution in [2.45, 2.75) is 17.9 Å². The third-order valence-electron chi connectivity index (χ3n) is 4.13. The molecule has 0 radical (unpaired) electrons. The molecule has 0 saturated heterocycles. The summed E-state index contributed by atoms with van der Waals surface area (Å²) in [5.41, 5.74) is 1.41. The Kier molecular flexibility index (Phi) is 5.04. The van der Waals surface area contributed by atoms with Crippen LogP contribution in [0.1, 0.15) is 20.9 Å². The van der Waals surface area contributed by atoms with Crippen molar-refractivity contribution in [2.75, 3.05) is 11.9 Å². The van der Waals surface area contributed by atoms with Crippen molar-refractivity contribution < 1.29 is 13.2 Å². The first-order valence-corrected chi connectivity index (χ1v) is 11.6. The number of nitrogens with zero attached hydrogens (tertiary/aromatic N) is 2.